The quantitative estimate of drug-likeness (QED) is 0.699. The Bertz CT molecular complexity index is 735. The van der Waals surface area contributed by atoms with Gasteiger partial charge in [-0.2, -0.15) is 0 Å². The predicted molar refractivity (Wildman–Crippen MR) is 106 cm³/mol. The van der Waals surface area contributed by atoms with Crippen molar-refractivity contribution in [1.82, 2.24) is 4.90 Å². The molecule has 1 atom stereocenters. The molecule has 0 saturated carbocycles. The topological polar surface area (TPSA) is 51.9 Å². The van der Waals surface area contributed by atoms with Crippen molar-refractivity contribution in [2.75, 3.05) is 26.3 Å². The molecule has 0 radical (unpaired) electrons. The van der Waals surface area contributed by atoms with Crippen LogP contribution in [0, 0.1) is 5.92 Å². The van der Waals surface area contributed by atoms with Gasteiger partial charge in [0.25, 0.3) is 5.91 Å². The average Bonchev–Trinajstić information content (AvgIpc) is 3.27. The maximum Gasteiger partial charge on any atom is 0.289 e. The first-order chi connectivity index (χ1) is 13.7. The zero-order valence-electron chi connectivity index (χ0n) is 16.3. The molecule has 3 heterocycles. The van der Waals surface area contributed by atoms with Gasteiger partial charge in [0.15, 0.2) is 5.76 Å². The van der Waals surface area contributed by atoms with Crippen LogP contribution < -0.4 is 0 Å². The van der Waals surface area contributed by atoms with Gasteiger partial charge in [0.1, 0.15) is 0 Å². The Morgan fingerprint density at radius 3 is 2.71 bits per heavy atom. The zero-order chi connectivity index (χ0) is 19.2. The molecule has 2 saturated heterocycles. The molecule has 1 amide bonds. The van der Waals surface area contributed by atoms with E-state index in [-0.39, 0.29) is 11.5 Å². The molecule has 0 bridgehead atoms. The minimum atomic E-state index is -0.0672. The van der Waals surface area contributed by atoms with Crippen molar-refractivity contribution < 1.29 is 18.7 Å². The Balaban J connectivity index is 1.22. The second-order valence-electron chi connectivity index (χ2n) is 7.99. The summed E-state index contributed by atoms with van der Waals surface area (Å²) < 4.78 is 17.4. The molecule has 5 heteroatoms. The smallest absolute Gasteiger partial charge is 0.289 e. The van der Waals surface area contributed by atoms with Crippen LogP contribution in [0.2, 0.25) is 0 Å². The van der Waals surface area contributed by atoms with Crippen LogP contribution in [0.1, 0.15) is 48.2 Å². The van der Waals surface area contributed by atoms with Crippen LogP contribution in [0.4, 0.5) is 0 Å². The van der Waals surface area contributed by atoms with Gasteiger partial charge in [-0.1, -0.05) is 30.3 Å². The van der Waals surface area contributed by atoms with Crippen molar-refractivity contribution in [3.05, 3.63) is 60.1 Å². The lowest BCUT2D eigenvalue weighted by atomic mass is 9.78. The number of carbonyl (C=O) groups excluding carboxylic acids is 1. The van der Waals surface area contributed by atoms with Gasteiger partial charge in [0.2, 0.25) is 0 Å². The normalized spacial score (nSPS) is 21.7. The van der Waals surface area contributed by atoms with E-state index in [1.54, 1.807) is 18.4 Å². The average molecular weight is 383 g/mol. The Labute approximate surface area is 166 Å². The largest absolute Gasteiger partial charge is 0.459 e. The van der Waals surface area contributed by atoms with Gasteiger partial charge < -0.3 is 18.8 Å². The second kappa shape index (κ2) is 8.93. The monoisotopic (exact) mass is 383 g/mol. The summed E-state index contributed by atoms with van der Waals surface area (Å²) in [5.74, 6) is 1.05. The van der Waals surface area contributed by atoms with E-state index in [9.17, 15) is 4.79 Å². The lowest BCUT2D eigenvalue weighted by molar-refractivity contribution is -0.126. The van der Waals surface area contributed by atoms with Gasteiger partial charge in [0.05, 0.1) is 18.5 Å². The summed E-state index contributed by atoms with van der Waals surface area (Å²) >= 11 is 0. The number of furan rings is 1. The Morgan fingerprint density at radius 2 is 1.96 bits per heavy atom. The molecule has 150 valence electrons. The van der Waals surface area contributed by atoms with Gasteiger partial charge in [-0.05, 0) is 55.7 Å². The van der Waals surface area contributed by atoms with Crippen LogP contribution in [0.25, 0.3) is 0 Å². The van der Waals surface area contributed by atoms with Crippen LogP contribution in [-0.4, -0.2) is 42.7 Å². The highest BCUT2D eigenvalue weighted by Crippen LogP contribution is 2.39. The summed E-state index contributed by atoms with van der Waals surface area (Å²) in [6, 6.07) is 13.8. The van der Waals surface area contributed by atoms with E-state index in [2.05, 4.69) is 12.1 Å². The van der Waals surface area contributed by atoms with E-state index in [1.165, 1.54) is 5.56 Å². The lowest BCUT2D eigenvalue weighted by Crippen LogP contribution is -2.50. The molecular formula is C23H29NO4. The predicted octanol–water partition coefficient (Wildman–Crippen LogP) is 4.29. The van der Waals surface area contributed by atoms with E-state index in [0.717, 1.165) is 58.4 Å². The van der Waals surface area contributed by atoms with E-state index in [1.807, 2.05) is 23.1 Å². The molecule has 5 nitrogen and oxygen atoms in total. The van der Waals surface area contributed by atoms with Crippen molar-refractivity contribution in [3.8, 4) is 0 Å². The molecule has 0 aliphatic carbocycles. The first kappa shape index (κ1) is 19.2. The number of hydrogen-bond donors (Lipinski definition) is 0. The maximum atomic E-state index is 12.5. The van der Waals surface area contributed by atoms with Gasteiger partial charge >= 0.3 is 0 Å². The number of rotatable bonds is 6. The summed E-state index contributed by atoms with van der Waals surface area (Å²) in [5.41, 5.74) is 1.15. The molecule has 2 aliphatic rings. The summed E-state index contributed by atoms with van der Waals surface area (Å²) in [5, 5.41) is 0. The highest BCUT2D eigenvalue weighted by atomic mass is 16.5. The fourth-order valence-corrected chi connectivity index (χ4v) is 4.41. The number of likely N-dealkylation sites (tertiary alicyclic amines) is 1. The lowest BCUT2D eigenvalue weighted by Gasteiger charge is -2.46. The van der Waals surface area contributed by atoms with E-state index < -0.39 is 0 Å². The molecule has 2 aromatic rings. The first-order valence-corrected chi connectivity index (χ1v) is 10.3. The summed E-state index contributed by atoms with van der Waals surface area (Å²) in [6.07, 6.45) is 6.61. The SMILES string of the molecule is O=C(c1ccco1)N1CCC2(CC1)CC(CCOCc1ccccc1)CCO2. The van der Waals surface area contributed by atoms with Crippen molar-refractivity contribution in [2.45, 2.75) is 44.3 Å². The fourth-order valence-electron chi connectivity index (χ4n) is 4.41. The minimum absolute atomic E-state index is 0.0125. The standard InChI is InChI=1S/C23H29NO4/c25-22(21-7-4-14-27-21)24-12-10-23(11-13-24)17-19(9-16-28-23)8-15-26-18-20-5-2-1-3-6-20/h1-7,14,19H,8-13,15-18H2. The number of ether oxygens (including phenoxy) is 2. The van der Waals surface area contributed by atoms with Crippen molar-refractivity contribution in [3.63, 3.8) is 0 Å². The Morgan fingerprint density at radius 1 is 1.14 bits per heavy atom. The van der Waals surface area contributed by atoms with Crippen molar-refractivity contribution in [2.24, 2.45) is 5.92 Å². The van der Waals surface area contributed by atoms with Crippen LogP contribution in [0.3, 0.4) is 0 Å². The molecule has 1 unspecified atom stereocenters. The number of amides is 1. The van der Waals surface area contributed by atoms with Gasteiger partial charge in [-0.15, -0.1) is 0 Å². The highest BCUT2D eigenvalue weighted by molar-refractivity contribution is 5.91. The number of piperidine rings is 1. The maximum absolute atomic E-state index is 12.5. The molecule has 1 aromatic heterocycles. The van der Waals surface area contributed by atoms with Gasteiger partial charge in [-0.25, -0.2) is 0 Å². The Kier molecular flexibility index (Phi) is 6.13. The van der Waals surface area contributed by atoms with Crippen LogP contribution in [0.15, 0.2) is 53.1 Å². The van der Waals surface area contributed by atoms with Gasteiger partial charge in [0, 0.05) is 26.3 Å². The third-order valence-corrected chi connectivity index (χ3v) is 6.07. The summed E-state index contributed by atoms with van der Waals surface area (Å²) in [7, 11) is 0. The fraction of sp³-hybridized carbons (Fsp3) is 0.522. The van der Waals surface area contributed by atoms with Crippen LogP contribution in [-0.2, 0) is 16.1 Å². The molecule has 2 fully saturated rings. The minimum Gasteiger partial charge on any atom is -0.459 e. The third-order valence-electron chi connectivity index (χ3n) is 6.07. The summed E-state index contributed by atoms with van der Waals surface area (Å²) in [4.78, 5) is 14.4. The molecule has 4 rings (SSSR count). The van der Waals surface area contributed by atoms with E-state index >= 15 is 0 Å². The number of benzene rings is 1. The number of nitrogens with zero attached hydrogens (tertiary/aromatic N) is 1. The molecule has 1 spiro atoms. The molecule has 0 N–H and O–H groups in total. The van der Waals surface area contributed by atoms with Crippen LogP contribution in [0.5, 0.6) is 0 Å². The van der Waals surface area contributed by atoms with Crippen LogP contribution >= 0.6 is 0 Å². The third kappa shape index (κ3) is 4.65. The van der Waals surface area contributed by atoms with Crippen molar-refractivity contribution >= 4 is 5.91 Å². The number of carbonyl (C=O) groups is 1. The first-order valence-electron chi connectivity index (χ1n) is 10.3. The second-order valence-corrected chi connectivity index (χ2v) is 7.99. The van der Waals surface area contributed by atoms with E-state index in [4.69, 9.17) is 13.9 Å². The molecule has 28 heavy (non-hydrogen) atoms. The zero-order valence-corrected chi connectivity index (χ0v) is 16.3. The molecule has 1 aromatic carbocycles. The van der Waals surface area contributed by atoms with Gasteiger partial charge in [-0.3, -0.25) is 4.79 Å². The van der Waals surface area contributed by atoms with E-state index in [0.29, 0.717) is 18.3 Å². The molecule has 2 aliphatic heterocycles. The Hall–Kier alpha value is -2.11. The number of hydrogen-bond acceptors (Lipinski definition) is 4. The summed E-state index contributed by atoms with van der Waals surface area (Å²) in [6.45, 7) is 3.75. The van der Waals surface area contributed by atoms with Crippen molar-refractivity contribution in [1.29, 1.82) is 0 Å². The molecular weight excluding hydrogens is 354 g/mol. The highest BCUT2D eigenvalue weighted by Gasteiger charge is 2.41.